The monoisotopic (exact) mass is 288 g/mol. The molecule has 0 unspecified atom stereocenters. The standard InChI is InChI=1S/C17H28N4/c1-12-7-6-8-13(2)15(12)11-18-14(3)17-20-19-16-9-4-5-10-21(16)17/h7,13-15,18H,4-6,8-11H2,1-3H3/t13-,14-,15+/m0/s1. The summed E-state index contributed by atoms with van der Waals surface area (Å²) in [6, 6.07) is 0.284. The maximum atomic E-state index is 4.44. The van der Waals surface area contributed by atoms with Gasteiger partial charge >= 0.3 is 0 Å². The Morgan fingerprint density at radius 3 is 3.05 bits per heavy atom. The molecule has 2 heterocycles. The van der Waals surface area contributed by atoms with Crippen LogP contribution in [0.4, 0.5) is 0 Å². The Labute approximate surface area is 128 Å². The molecule has 1 aromatic rings. The molecule has 1 aliphatic carbocycles. The molecule has 0 spiro atoms. The molecule has 1 N–H and O–H groups in total. The number of hydrogen-bond donors (Lipinski definition) is 1. The van der Waals surface area contributed by atoms with Crippen molar-refractivity contribution in [3.05, 3.63) is 23.3 Å². The second-order valence-electron chi connectivity index (χ2n) is 6.82. The first-order valence-corrected chi connectivity index (χ1v) is 8.49. The molecule has 1 aromatic heterocycles. The lowest BCUT2D eigenvalue weighted by molar-refractivity contribution is 0.334. The second-order valence-corrected chi connectivity index (χ2v) is 6.82. The maximum absolute atomic E-state index is 4.44. The Hall–Kier alpha value is -1.16. The number of aryl methyl sites for hydroxylation is 1. The van der Waals surface area contributed by atoms with E-state index >= 15 is 0 Å². The van der Waals surface area contributed by atoms with Crippen molar-refractivity contribution >= 4 is 0 Å². The van der Waals surface area contributed by atoms with Gasteiger partial charge in [-0.2, -0.15) is 0 Å². The molecule has 0 amide bonds. The van der Waals surface area contributed by atoms with Gasteiger partial charge in [-0.05, 0) is 51.4 Å². The number of rotatable bonds is 4. The third kappa shape index (κ3) is 3.05. The van der Waals surface area contributed by atoms with E-state index in [1.54, 1.807) is 5.57 Å². The van der Waals surface area contributed by atoms with Crippen molar-refractivity contribution in [1.29, 1.82) is 0 Å². The highest BCUT2D eigenvalue weighted by Gasteiger charge is 2.24. The summed E-state index contributed by atoms with van der Waals surface area (Å²) in [4.78, 5) is 0. The summed E-state index contributed by atoms with van der Waals surface area (Å²) < 4.78 is 2.33. The minimum absolute atomic E-state index is 0.284. The van der Waals surface area contributed by atoms with Gasteiger partial charge in [0.05, 0.1) is 6.04 Å². The van der Waals surface area contributed by atoms with Gasteiger partial charge in [0.2, 0.25) is 0 Å². The predicted molar refractivity (Wildman–Crippen MR) is 85.0 cm³/mol. The van der Waals surface area contributed by atoms with Crippen molar-refractivity contribution in [3.63, 3.8) is 0 Å². The van der Waals surface area contributed by atoms with Gasteiger partial charge < -0.3 is 9.88 Å². The second kappa shape index (κ2) is 6.30. The van der Waals surface area contributed by atoms with E-state index in [1.165, 1.54) is 31.5 Å². The van der Waals surface area contributed by atoms with E-state index in [2.05, 4.69) is 46.9 Å². The van der Waals surface area contributed by atoms with E-state index in [9.17, 15) is 0 Å². The molecule has 21 heavy (non-hydrogen) atoms. The van der Waals surface area contributed by atoms with Crippen LogP contribution in [0.25, 0.3) is 0 Å². The molecule has 0 bridgehead atoms. The van der Waals surface area contributed by atoms with Gasteiger partial charge in [-0.3, -0.25) is 0 Å². The van der Waals surface area contributed by atoms with Crippen LogP contribution in [-0.4, -0.2) is 21.3 Å². The van der Waals surface area contributed by atoms with E-state index in [4.69, 9.17) is 0 Å². The lowest BCUT2D eigenvalue weighted by Gasteiger charge is -2.30. The van der Waals surface area contributed by atoms with Gasteiger partial charge in [0.1, 0.15) is 11.6 Å². The Balaban J connectivity index is 1.64. The van der Waals surface area contributed by atoms with Crippen molar-refractivity contribution in [2.45, 2.75) is 65.5 Å². The average molecular weight is 288 g/mol. The third-order valence-electron chi connectivity index (χ3n) is 5.28. The molecule has 0 radical (unpaired) electrons. The number of allylic oxidation sites excluding steroid dienone is 1. The van der Waals surface area contributed by atoms with Crippen LogP contribution in [0.2, 0.25) is 0 Å². The van der Waals surface area contributed by atoms with Crippen LogP contribution >= 0.6 is 0 Å². The number of fused-ring (bicyclic) bond motifs is 1. The summed E-state index contributed by atoms with van der Waals surface area (Å²) in [7, 11) is 0. The zero-order valence-corrected chi connectivity index (χ0v) is 13.6. The van der Waals surface area contributed by atoms with Gasteiger partial charge in [0.15, 0.2) is 0 Å². The highest BCUT2D eigenvalue weighted by Crippen LogP contribution is 2.30. The molecule has 0 saturated carbocycles. The summed E-state index contributed by atoms with van der Waals surface area (Å²) in [6.45, 7) is 9.02. The van der Waals surface area contributed by atoms with Crippen LogP contribution in [0.3, 0.4) is 0 Å². The normalized spacial score (nSPS) is 27.1. The Bertz CT molecular complexity index is 517. The molecule has 1 aliphatic heterocycles. The van der Waals surface area contributed by atoms with Crippen LogP contribution in [-0.2, 0) is 13.0 Å². The highest BCUT2D eigenvalue weighted by atomic mass is 15.3. The molecule has 0 fully saturated rings. The summed E-state index contributed by atoms with van der Waals surface area (Å²) in [5.74, 6) is 3.74. The fourth-order valence-electron chi connectivity index (χ4n) is 3.78. The van der Waals surface area contributed by atoms with Gasteiger partial charge in [-0.15, -0.1) is 10.2 Å². The topological polar surface area (TPSA) is 42.7 Å². The lowest BCUT2D eigenvalue weighted by Crippen LogP contribution is -2.32. The lowest BCUT2D eigenvalue weighted by atomic mass is 9.80. The molecule has 4 heteroatoms. The maximum Gasteiger partial charge on any atom is 0.149 e. The summed E-state index contributed by atoms with van der Waals surface area (Å²) in [6.07, 6.45) is 8.57. The Kier molecular flexibility index (Phi) is 4.43. The number of hydrogen-bond acceptors (Lipinski definition) is 3. The molecular weight excluding hydrogens is 260 g/mol. The van der Waals surface area contributed by atoms with Crippen LogP contribution < -0.4 is 5.32 Å². The molecule has 0 aromatic carbocycles. The van der Waals surface area contributed by atoms with Crippen LogP contribution in [0.15, 0.2) is 11.6 Å². The van der Waals surface area contributed by atoms with Crippen molar-refractivity contribution in [1.82, 2.24) is 20.1 Å². The SMILES string of the molecule is CC1=CCC[C@H](C)[C@@H]1CN[C@@H](C)c1nnc2n1CCCC2. The summed E-state index contributed by atoms with van der Waals surface area (Å²) in [5.41, 5.74) is 1.55. The number of nitrogens with one attached hydrogen (secondary N) is 1. The minimum atomic E-state index is 0.284. The van der Waals surface area contributed by atoms with Crippen LogP contribution in [0.5, 0.6) is 0 Å². The predicted octanol–water partition coefficient (Wildman–Crippen LogP) is 3.26. The average Bonchev–Trinajstić information content (AvgIpc) is 2.90. The van der Waals surface area contributed by atoms with Crippen molar-refractivity contribution in [2.24, 2.45) is 11.8 Å². The zero-order chi connectivity index (χ0) is 14.8. The number of nitrogens with zero attached hydrogens (tertiary/aromatic N) is 3. The van der Waals surface area contributed by atoms with E-state index in [0.717, 1.165) is 31.3 Å². The van der Waals surface area contributed by atoms with Gasteiger partial charge in [-0.1, -0.05) is 18.6 Å². The van der Waals surface area contributed by atoms with E-state index in [0.29, 0.717) is 5.92 Å². The summed E-state index contributed by atoms with van der Waals surface area (Å²) >= 11 is 0. The summed E-state index contributed by atoms with van der Waals surface area (Å²) in [5, 5.41) is 12.5. The first-order chi connectivity index (χ1) is 10.2. The highest BCUT2D eigenvalue weighted by molar-refractivity contribution is 5.10. The molecule has 2 aliphatic rings. The van der Waals surface area contributed by atoms with Crippen molar-refractivity contribution in [3.8, 4) is 0 Å². The molecule has 4 nitrogen and oxygen atoms in total. The third-order valence-corrected chi connectivity index (χ3v) is 5.28. The van der Waals surface area contributed by atoms with Gasteiger partial charge in [-0.25, -0.2) is 0 Å². The minimum Gasteiger partial charge on any atom is -0.314 e. The van der Waals surface area contributed by atoms with E-state index in [-0.39, 0.29) is 6.04 Å². The van der Waals surface area contributed by atoms with E-state index < -0.39 is 0 Å². The molecule has 3 atom stereocenters. The van der Waals surface area contributed by atoms with Crippen molar-refractivity contribution in [2.75, 3.05) is 6.54 Å². The van der Waals surface area contributed by atoms with Crippen molar-refractivity contribution < 1.29 is 0 Å². The molecule has 3 rings (SSSR count). The smallest absolute Gasteiger partial charge is 0.149 e. The van der Waals surface area contributed by atoms with E-state index in [1.807, 2.05) is 0 Å². The van der Waals surface area contributed by atoms with Gasteiger partial charge in [0.25, 0.3) is 0 Å². The first kappa shape index (κ1) is 14.8. The van der Waals surface area contributed by atoms with Crippen LogP contribution in [0, 0.1) is 11.8 Å². The zero-order valence-electron chi connectivity index (χ0n) is 13.6. The Morgan fingerprint density at radius 1 is 1.38 bits per heavy atom. The quantitative estimate of drug-likeness (QED) is 0.865. The number of aromatic nitrogens is 3. The first-order valence-electron chi connectivity index (χ1n) is 8.49. The Morgan fingerprint density at radius 2 is 2.24 bits per heavy atom. The molecule has 116 valence electrons. The van der Waals surface area contributed by atoms with Crippen LogP contribution in [0.1, 0.15) is 64.1 Å². The molecular formula is C17H28N4. The molecule has 0 saturated heterocycles. The van der Waals surface area contributed by atoms with Gasteiger partial charge in [0, 0.05) is 19.5 Å². The largest absolute Gasteiger partial charge is 0.314 e. The fraction of sp³-hybridized carbons (Fsp3) is 0.765. The fourth-order valence-corrected chi connectivity index (χ4v) is 3.78.